The van der Waals surface area contributed by atoms with Gasteiger partial charge in [-0.3, -0.25) is 9.36 Å². The Morgan fingerprint density at radius 1 is 1.19 bits per heavy atom. The average molecular weight is 385 g/mol. The summed E-state index contributed by atoms with van der Waals surface area (Å²) in [6, 6.07) is 6.14. The number of hydrogen-bond acceptors (Lipinski definition) is 6. The lowest BCUT2D eigenvalue weighted by Crippen LogP contribution is -2.29. The van der Waals surface area contributed by atoms with Gasteiger partial charge in [-0.15, -0.1) is 10.2 Å². The van der Waals surface area contributed by atoms with Gasteiger partial charge in [0.2, 0.25) is 0 Å². The van der Waals surface area contributed by atoms with Gasteiger partial charge in [0.1, 0.15) is 12.4 Å². The summed E-state index contributed by atoms with van der Waals surface area (Å²) in [7, 11) is 0. The molecular weight excluding hydrogens is 372 g/mol. The third-order valence-electron chi connectivity index (χ3n) is 4.34. The quantitative estimate of drug-likeness (QED) is 0.575. The smallest absolute Gasteiger partial charge is 0.326 e. The minimum Gasteiger partial charge on any atom is -0.480 e. The van der Waals surface area contributed by atoms with Gasteiger partial charge in [-0.25, -0.2) is 9.78 Å². The predicted octanol–water partition coefficient (Wildman–Crippen LogP) is 2.11. The van der Waals surface area contributed by atoms with Crippen molar-refractivity contribution in [1.82, 2.24) is 29.4 Å². The number of rotatable bonds is 3. The summed E-state index contributed by atoms with van der Waals surface area (Å²) in [4.78, 5) is 28.0. The molecule has 9 nitrogen and oxygen atoms in total. The Kier molecular flexibility index (Phi) is 3.88. The number of aromatic nitrogens is 6. The van der Waals surface area contributed by atoms with Crippen molar-refractivity contribution in [2.45, 2.75) is 19.9 Å². The molecule has 10 heteroatoms. The van der Waals surface area contributed by atoms with E-state index in [1.54, 1.807) is 12.1 Å². The van der Waals surface area contributed by atoms with E-state index in [2.05, 4.69) is 20.3 Å². The van der Waals surface area contributed by atoms with Crippen molar-refractivity contribution in [3.8, 4) is 11.1 Å². The number of fused-ring (bicyclic) bond motifs is 3. The predicted molar refractivity (Wildman–Crippen MR) is 97.9 cm³/mol. The van der Waals surface area contributed by atoms with Gasteiger partial charge in [-0.05, 0) is 31.5 Å². The molecule has 4 aromatic rings. The molecule has 0 aliphatic carbocycles. The Labute approximate surface area is 156 Å². The minimum absolute atomic E-state index is 0.0525. The average Bonchev–Trinajstić information content (AvgIpc) is 2.98. The van der Waals surface area contributed by atoms with Crippen molar-refractivity contribution >= 4 is 34.4 Å². The molecule has 1 atom stereocenters. The standard InChI is InChI=1S/C17H13ClN6O3/c1-8-12(10-3-5-11(18)6-4-10)14-21-20-13-15(24(14)22-8)19-7-23(16(13)25)9(2)17(26)27/h3-7,9H,1-2H3,(H,26,27). The molecule has 0 bridgehead atoms. The molecular formula is C17H13ClN6O3. The Morgan fingerprint density at radius 3 is 2.56 bits per heavy atom. The normalized spacial score (nSPS) is 12.6. The number of benzene rings is 1. The molecule has 0 radical (unpaired) electrons. The van der Waals surface area contributed by atoms with Gasteiger partial charge in [-0.2, -0.15) is 9.61 Å². The summed E-state index contributed by atoms with van der Waals surface area (Å²) >= 11 is 5.95. The fourth-order valence-corrected chi connectivity index (χ4v) is 3.02. The molecule has 27 heavy (non-hydrogen) atoms. The summed E-state index contributed by atoms with van der Waals surface area (Å²) in [5.74, 6) is -1.15. The van der Waals surface area contributed by atoms with E-state index in [1.807, 2.05) is 19.1 Å². The first-order chi connectivity index (χ1) is 12.9. The second kappa shape index (κ2) is 6.13. The van der Waals surface area contributed by atoms with Crippen molar-refractivity contribution in [2.24, 2.45) is 0 Å². The zero-order valence-electron chi connectivity index (χ0n) is 14.3. The summed E-state index contributed by atoms with van der Waals surface area (Å²) in [6.45, 7) is 3.21. The van der Waals surface area contributed by atoms with Gasteiger partial charge in [0.25, 0.3) is 5.56 Å². The van der Waals surface area contributed by atoms with Crippen LogP contribution in [0, 0.1) is 6.92 Å². The number of aliphatic carboxylic acids is 1. The fraction of sp³-hybridized carbons (Fsp3) is 0.176. The molecule has 1 N–H and O–H groups in total. The first-order valence-corrected chi connectivity index (χ1v) is 8.38. The fourth-order valence-electron chi connectivity index (χ4n) is 2.89. The number of aryl methyl sites for hydroxylation is 1. The molecule has 0 fully saturated rings. The van der Waals surface area contributed by atoms with Crippen molar-refractivity contribution in [2.75, 3.05) is 0 Å². The monoisotopic (exact) mass is 384 g/mol. The third kappa shape index (κ3) is 2.63. The second-order valence-corrected chi connectivity index (χ2v) is 6.48. The van der Waals surface area contributed by atoms with Crippen LogP contribution in [0.1, 0.15) is 18.7 Å². The van der Waals surface area contributed by atoms with E-state index in [9.17, 15) is 9.59 Å². The van der Waals surface area contributed by atoms with Crippen LogP contribution in [0.3, 0.4) is 0 Å². The van der Waals surface area contributed by atoms with Crippen LogP contribution in [0.15, 0.2) is 35.4 Å². The summed E-state index contributed by atoms with van der Waals surface area (Å²) < 4.78 is 2.44. The van der Waals surface area contributed by atoms with Crippen LogP contribution in [0.2, 0.25) is 5.02 Å². The van der Waals surface area contributed by atoms with Crippen LogP contribution < -0.4 is 5.56 Å². The van der Waals surface area contributed by atoms with Crippen molar-refractivity contribution < 1.29 is 9.90 Å². The van der Waals surface area contributed by atoms with Gasteiger partial charge >= 0.3 is 5.97 Å². The lowest BCUT2D eigenvalue weighted by Gasteiger charge is -2.10. The highest BCUT2D eigenvalue weighted by Crippen LogP contribution is 2.28. The van der Waals surface area contributed by atoms with Gasteiger partial charge in [-0.1, -0.05) is 23.7 Å². The van der Waals surface area contributed by atoms with Crippen LogP contribution >= 0.6 is 11.6 Å². The Bertz CT molecular complexity index is 1260. The van der Waals surface area contributed by atoms with Crippen LogP contribution in [0.4, 0.5) is 0 Å². The largest absolute Gasteiger partial charge is 0.480 e. The maximum atomic E-state index is 12.6. The molecule has 3 heterocycles. The molecule has 0 aliphatic heterocycles. The molecule has 1 aromatic carbocycles. The highest BCUT2D eigenvalue weighted by Gasteiger charge is 2.21. The van der Waals surface area contributed by atoms with Crippen LogP contribution in [0.5, 0.6) is 0 Å². The van der Waals surface area contributed by atoms with E-state index >= 15 is 0 Å². The molecule has 0 amide bonds. The number of carboxylic acids is 1. The molecule has 3 aromatic heterocycles. The molecule has 0 spiro atoms. The third-order valence-corrected chi connectivity index (χ3v) is 4.59. The maximum absolute atomic E-state index is 12.6. The first kappa shape index (κ1) is 17.1. The highest BCUT2D eigenvalue weighted by molar-refractivity contribution is 6.30. The van der Waals surface area contributed by atoms with Gasteiger partial charge in [0.15, 0.2) is 16.8 Å². The number of carbonyl (C=O) groups is 1. The number of carboxylic acid groups (broad SMARTS) is 1. The van der Waals surface area contributed by atoms with Gasteiger partial charge in [0.05, 0.1) is 11.3 Å². The SMILES string of the molecule is Cc1nn2c(nnc3c(=O)n(C(C)C(=O)O)cnc32)c1-c1ccc(Cl)cc1. The van der Waals surface area contributed by atoms with Crippen molar-refractivity contribution in [1.29, 1.82) is 0 Å². The zero-order chi connectivity index (χ0) is 19.3. The van der Waals surface area contributed by atoms with Crippen LogP contribution in [-0.2, 0) is 4.79 Å². The van der Waals surface area contributed by atoms with Crippen molar-refractivity contribution in [3.63, 3.8) is 0 Å². The van der Waals surface area contributed by atoms with E-state index in [4.69, 9.17) is 16.7 Å². The molecule has 136 valence electrons. The Morgan fingerprint density at radius 2 is 1.89 bits per heavy atom. The van der Waals surface area contributed by atoms with E-state index in [0.29, 0.717) is 16.4 Å². The van der Waals surface area contributed by atoms with Crippen LogP contribution in [-0.4, -0.2) is 40.4 Å². The van der Waals surface area contributed by atoms with E-state index < -0.39 is 17.6 Å². The summed E-state index contributed by atoms with van der Waals surface area (Å²) in [6.07, 6.45) is 1.18. The maximum Gasteiger partial charge on any atom is 0.326 e. The van der Waals surface area contributed by atoms with E-state index in [1.165, 1.54) is 17.8 Å². The number of nitrogens with zero attached hydrogens (tertiary/aromatic N) is 6. The minimum atomic E-state index is -1.15. The van der Waals surface area contributed by atoms with Crippen LogP contribution in [0.25, 0.3) is 27.9 Å². The lowest BCUT2D eigenvalue weighted by atomic mass is 10.1. The zero-order valence-corrected chi connectivity index (χ0v) is 15.0. The van der Waals surface area contributed by atoms with Gasteiger partial charge in [0, 0.05) is 5.02 Å². The van der Waals surface area contributed by atoms with Gasteiger partial charge < -0.3 is 5.11 Å². The highest BCUT2D eigenvalue weighted by atomic mass is 35.5. The second-order valence-electron chi connectivity index (χ2n) is 6.05. The van der Waals surface area contributed by atoms with Crippen molar-refractivity contribution in [3.05, 3.63) is 51.7 Å². The Hall–Kier alpha value is -3.33. The molecule has 0 saturated carbocycles. The Balaban J connectivity index is 1.99. The molecule has 0 aliphatic rings. The summed E-state index contributed by atoms with van der Waals surface area (Å²) in [5.41, 5.74) is 2.30. The molecule has 4 rings (SSSR count). The summed E-state index contributed by atoms with van der Waals surface area (Å²) in [5, 5.41) is 22.3. The molecule has 1 unspecified atom stereocenters. The topological polar surface area (TPSA) is 115 Å². The lowest BCUT2D eigenvalue weighted by molar-refractivity contribution is -0.140. The number of hydrogen-bond donors (Lipinski definition) is 1. The number of halogens is 1. The van der Waals surface area contributed by atoms with E-state index in [0.717, 1.165) is 15.7 Å². The van der Waals surface area contributed by atoms with E-state index in [-0.39, 0.29) is 11.2 Å². The first-order valence-electron chi connectivity index (χ1n) is 8.00. The molecule has 0 saturated heterocycles.